The van der Waals surface area contributed by atoms with Crippen molar-refractivity contribution in [2.75, 3.05) is 6.61 Å². The summed E-state index contributed by atoms with van der Waals surface area (Å²) in [6, 6.07) is 3.57. The van der Waals surface area contributed by atoms with Gasteiger partial charge in [0.15, 0.2) is 0 Å². The van der Waals surface area contributed by atoms with E-state index in [0.717, 1.165) is 24.9 Å². The summed E-state index contributed by atoms with van der Waals surface area (Å²) >= 11 is 0. The smallest absolute Gasteiger partial charge is 0.227 e. The van der Waals surface area contributed by atoms with Crippen molar-refractivity contribution in [3.63, 3.8) is 0 Å². The summed E-state index contributed by atoms with van der Waals surface area (Å²) in [5, 5.41) is 7.37. The van der Waals surface area contributed by atoms with E-state index in [4.69, 9.17) is 9.15 Å². The Hall–Kier alpha value is -2.08. The highest BCUT2D eigenvalue weighted by atomic mass is 16.5. The average Bonchev–Trinajstić information content (AvgIpc) is 3.19. The molecule has 118 valence electrons. The number of nitrogens with one attached hydrogen (secondary N) is 1. The lowest BCUT2D eigenvalue weighted by atomic mass is 9.98. The first-order valence-electron chi connectivity index (χ1n) is 7.72. The Balaban J connectivity index is 1.65. The summed E-state index contributed by atoms with van der Waals surface area (Å²) in [4.78, 5) is 12.2. The van der Waals surface area contributed by atoms with Gasteiger partial charge in [0.1, 0.15) is 11.9 Å². The molecule has 1 fully saturated rings. The van der Waals surface area contributed by atoms with Gasteiger partial charge in [-0.15, -0.1) is 0 Å². The molecule has 0 spiro atoms. The molecule has 0 saturated carbocycles. The minimum atomic E-state index is -0.130. The van der Waals surface area contributed by atoms with E-state index in [2.05, 4.69) is 10.4 Å². The second-order valence-corrected chi connectivity index (χ2v) is 5.49. The number of nitrogens with zero attached hydrogens (tertiary/aromatic N) is 2. The zero-order valence-electron chi connectivity index (χ0n) is 12.7. The number of rotatable bonds is 5. The van der Waals surface area contributed by atoms with Crippen LogP contribution in [0.4, 0.5) is 0 Å². The van der Waals surface area contributed by atoms with Crippen LogP contribution in [0.5, 0.6) is 0 Å². The fourth-order valence-electron chi connectivity index (χ4n) is 2.79. The summed E-state index contributed by atoms with van der Waals surface area (Å²) < 4.78 is 13.0. The number of aryl methyl sites for hydroxylation is 1. The fourth-order valence-corrected chi connectivity index (χ4v) is 2.79. The minimum Gasteiger partial charge on any atom is -0.469 e. The predicted octanol–water partition coefficient (Wildman–Crippen LogP) is 2.08. The van der Waals surface area contributed by atoms with Crippen LogP contribution in [0.1, 0.15) is 37.2 Å². The molecule has 2 aromatic heterocycles. The van der Waals surface area contributed by atoms with E-state index in [9.17, 15) is 4.79 Å². The molecule has 1 N–H and O–H groups in total. The monoisotopic (exact) mass is 303 g/mol. The summed E-state index contributed by atoms with van der Waals surface area (Å²) in [5.41, 5.74) is 1.02. The summed E-state index contributed by atoms with van der Waals surface area (Å²) in [5.74, 6) is 0.628. The van der Waals surface area contributed by atoms with Gasteiger partial charge in [-0.3, -0.25) is 9.48 Å². The van der Waals surface area contributed by atoms with Crippen LogP contribution < -0.4 is 5.32 Å². The van der Waals surface area contributed by atoms with Crippen LogP contribution >= 0.6 is 0 Å². The van der Waals surface area contributed by atoms with Gasteiger partial charge in [-0.1, -0.05) is 0 Å². The van der Waals surface area contributed by atoms with Crippen LogP contribution in [0, 0.1) is 0 Å². The molecule has 0 aromatic carbocycles. The minimum absolute atomic E-state index is 0.0225. The molecular formula is C16H21N3O3. The molecule has 0 radical (unpaired) electrons. The largest absolute Gasteiger partial charge is 0.469 e. The van der Waals surface area contributed by atoms with E-state index >= 15 is 0 Å². The quantitative estimate of drug-likeness (QED) is 0.918. The van der Waals surface area contributed by atoms with Gasteiger partial charge in [-0.25, -0.2) is 0 Å². The molecule has 1 amide bonds. The van der Waals surface area contributed by atoms with Crippen molar-refractivity contribution < 1.29 is 13.9 Å². The summed E-state index contributed by atoms with van der Waals surface area (Å²) in [6.07, 6.45) is 7.37. The Morgan fingerprint density at radius 1 is 1.55 bits per heavy atom. The van der Waals surface area contributed by atoms with Gasteiger partial charge in [0.2, 0.25) is 5.91 Å². The van der Waals surface area contributed by atoms with Crippen molar-refractivity contribution >= 4 is 5.91 Å². The number of aromatic nitrogens is 2. The van der Waals surface area contributed by atoms with Crippen LogP contribution in [-0.2, 0) is 22.5 Å². The second kappa shape index (κ2) is 6.79. The molecule has 6 nitrogen and oxygen atoms in total. The summed E-state index contributed by atoms with van der Waals surface area (Å²) in [6.45, 7) is 3.58. The third kappa shape index (κ3) is 3.39. The molecule has 1 aliphatic rings. The zero-order valence-corrected chi connectivity index (χ0v) is 12.7. The molecule has 22 heavy (non-hydrogen) atoms. The van der Waals surface area contributed by atoms with Crippen LogP contribution in [-0.4, -0.2) is 28.3 Å². The number of furan rings is 1. The number of carbonyl (C=O) groups excluding carboxylic acids is 1. The lowest BCUT2D eigenvalue weighted by Gasteiger charge is -2.31. The molecular weight excluding hydrogens is 282 g/mol. The molecule has 6 heteroatoms. The molecule has 3 heterocycles. The molecule has 1 aliphatic heterocycles. The van der Waals surface area contributed by atoms with E-state index in [0.29, 0.717) is 12.4 Å². The summed E-state index contributed by atoms with van der Waals surface area (Å²) in [7, 11) is 0. The third-order valence-electron chi connectivity index (χ3n) is 3.89. The molecule has 3 rings (SSSR count). The zero-order chi connectivity index (χ0) is 15.4. The SMILES string of the molecule is CCn1cc([C@H]2OCCC[C@@H]2NC(=O)Cc2ccco2)cn1. The van der Waals surface area contributed by atoms with Crippen molar-refractivity contribution in [1.82, 2.24) is 15.1 Å². The first-order chi connectivity index (χ1) is 10.8. The van der Waals surface area contributed by atoms with Crippen molar-refractivity contribution in [1.29, 1.82) is 0 Å². The van der Waals surface area contributed by atoms with Gasteiger partial charge in [0.05, 0.1) is 24.9 Å². The maximum Gasteiger partial charge on any atom is 0.227 e. The standard InChI is InChI=1S/C16H21N3O3/c1-2-19-11-12(10-17-19)16-14(6-4-8-22-16)18-15(20)9-13-5-3-7-21-13/h3,5,7,10-11,14,16H,2,4,6,8-9H2,1H3,(H,18,20)/t14-,16+/m0/s1. The van der Waals surface area contributed by atoms with Crippen LogP contribution in [0.3, 0.4) is 0 Å². The number of hydrogen-bond donors (Lipinski definition) is 1. The number of amides is 1. The number of hydrogen-bond acceptors (Lipinski definition) is 4. The van der Waals surface area contributed by atoms with Gasteiger partial charge >= 0.3 is 0 Å². The second-order valence-electron chi connectivity index (χ2n) is 5.49. The highest BCUT2D eigenvalue weighted by Gasteiger charge is 2.29. The molecule has 2 aromatic rings. The van der Waals surface area contributed by atoms with Crippen LogP contribution in [0.25, 0.3) is 0 Å². The van der Waals surface area contributed by atoms with Crippen molar-refractivity contribution in [2.45, 2.75) is 44.9 Å². The Morgan fingerprint density at radius 2 is 2.45 bits per heavy atom. The Bertz CT molecular complexity index is 606. The molecule has 0 bridgehead atoms. The van der Waals surface area contributed by atoms with Gasteiger partial charge < -0.3 is 14.5 Å². The lowest BCUT2D eigenvalue weighted by Crippen LogP contribution is -2.43. The highest BCUT2D eigenvalue weighted by Crippen LogP contribution is 2.28. The van der Waals surface area contributed by atoms with Gasteiger partial charge in [-0.05, 0) is 31.9 Å². The van der Waals surface area contributed by atoms with E-state index in [-0.39, 0.29) is 24.5 Å². The molecule has 0 unspecified atom stereocenters. The Morgan fingerprint density at radius 3 is 3.18 bits per heavy atom. The average molecular weight is 303 g/mol. The maximum absolute atomic E-state index is 12.2. The molecule has 1 saturated heterocycles. The Kier molecular flexibility index (Phi) is 4.58. The van der Waals surface area contributed by atoms with E-state index in [1.807, 2.05) is 24.0 Å². The third-order valence-corrected chi connectivity index (χ3v) is 3.89. The predicted molar refractivity (Wildman–Crippen MR) is 80.2 cm³/mol. The van der Waals surface area contributed by atoms with E-state index in [1.165, 1.54) is 0 Å². The van der Waals surface area contributed by atoms with E-state index < -0.39 is 0 Å². The van der Waals surface area contributed by atoms with E-state index in [1.54, 1.807) is 18.4 Å². The number of carbonyl (C=O) groups is 1. The molecule has 2 atom stereocenters. The fraction of sp³-hybridized carbons (Fsp3) is 0.500. The van der Waals surface area contributed by atoms with Gasteiger partial charge in [0, 0.05) is 24.9 Å². The van der Waals surface area contributed by atoms with Crippen molar-refractivity contribution in [3.8, 4) is 0 Å². The maximum atomic E-state index is 12.2. The Labute approximate surface area is 129 Å². The number of ether oxygens (including phenoxy) is 1. The highest BCUT2D eigenvalue weighted by molar-refractivity contribution is 5.78. The topological polar surface area (TPSA) is 69.3 Å². The van der Waals surface area contributed by atoms with Crippen LogP contribution in [0.15, 0.2) is 35.2 Å². The first kappa shape index (κ1) is 14.8. The van der Waals surface area contributed by atoms with Crippen molar-refractivity contribution in [3.05, 3.63) is 42.1 Å². The normalized spacial score (nSPS) is 21.7. The van der Waals surface area contributed by atoms with Crippen LogP contribution in [0.2, 0.25) is 0 Å². The van der Waals surface area contributed by atoms with Crippen molar-refractivity contribution in [2.24, 2.45) is 0 Å². The first-order valence-corrected chi connectivity index (χ1v) is 7.72. The lowest BCUT2D eigenvalue weighted by molar-refractivity contribution is -0.123. The molecule has 0 aliphatic carbocycles. The van der Waals surface area contributed by atoms with Gasteiger partial charge in [-0.2, -0.15) is 5.10 Å². The van der Waals surface area contributed by atoms with Gasteiger partial charge in [0.25, 0.3) is 0 Å².